The van der Waals surface area contributed by atoms with Crippen molar-refractivity contribution in [1.29, 1.82) is 0 Å². The summed E-state index contributed by atoms with van der Waals surface area (Å²) in [6, 6.07) is 7.22. The number of oxime groups is 1. The Labute approximate surface area is 119 Å². The lowest BCUT2D eigenvalue weighted by Gasteiger charge is -2.32. The number of likely N-dealkylation sites (N-methyl/N-ethyl adjacent to an activating group) is 1. The van der Waals surface area contributed by atoms with Crippen molar-refractivity contribution in [2.45, 2.75) is 0 Å². The van der Waals surface area contributed by atoms with Gasteiger partial charge in [-0.1, -0.05) is 5.16 Å². The first-order chi connectivity index (χ1) is 9.69. The molecule has 1 heterocycles. The molecule has 0 aliphatic carbocycles. The van der Waals surface area contributed by atoms with Crippen LogP contribution in [-0.4, -0.2) is 67.2 Å². The summed E-state index contributed by atoms with van der Waals surface area (Å²) in [5.41, 5.74) is 6.18. The smallest absolute Gasteiger partial charge is 0.170 e. The lowest BCUT2D eigenvalue weighted by Crippen LogP contribution is -2.45. The van der Waals surface area contributed by atoms with Crippen molar-refractivity contribution >= 4 is 5.84 Å². The van der Waals surface area contributed by atoms with E-state index in [9.17, 15) is 0 Å². The van der Waals surface area contributed by atoms with Crippen molar-refractivity contribution in [1.82, 2.24) is 9.80 Å². The summed E-state index contributed by atoms with van der Waals surface area (Å²) in [6.07, 6.45) is 0. The van der Waals surface area contributed by atoms with E-state index in [4.69, 9.17) is 15.7 Å². The van der Waals surface area contributed by atoms with Crippen molar-refractivity contribution in [3.8, 4) is 5.75 Å². The molecular formula is C14H22N4O2. The van der Waals surface area contributed by atoms with E-state index in [2.05, 4.69) is 22.0 Å². The molecule has 0 aromatic heterocycles. The van der Waals surface area contributed by atoms with Crippen molar-refractivity contribution < 1.29 is 9.94 Å². The maximum Gasteiger partial charge on any atom is 0.170 e. The zero-order valence-electron chi connectivity index (χ0n) is 11.8. The molecule has 0 atom stereocenters. The van der Waals surface area contributed by atoms with E-state index in [-0.39, 0.29) is 5.84 Å². The molecule has 1 saturated heterocycles. The van der Waals surface area contributed by atoms with Gasteiger partial charge in [0.25, 0.3) is 0 Å². The summed E-state index contributed by atoms with van der Waals surface area (Å²) >= 11 is 0. The van der Waals surface area contributed by atoms with Gasteiger partial charge in [-0.15, -0.1) is 0 Å². The summed E-state index contributed by atoms with van der Waals surface area (Å²) in [5, 5.41) is 11.5. The fraction of sp³-hybridized carbons (Fsp3) is 0.500. The molecule has 0 amide bonds. The molecule has 1 fully saturated rings. The zero-order chi connectivity index (χ0) is 14.4. The lowest BCUT2D eigenvalue weighted by atomic mass is 10.2. The minimum atomic E-state index is 0.106. The summed E-state index contributed by atoms with van der Waals surface area (Å²) < 4.78 is 5.71. The first kappa shape index (κ1) is 14.6. The Morgan fingerprint density at radius 3 is 2.50 bits per heavy atom. The fourth-order valence-corrected chi connectivity index (χ4v) is 2.14. The summed E-state index contributed by atoms with van der Waals surface area (Å²) in [6.45, 7) is 6.05. The zero-order valence-corrected chi connectivity index (χ0v) is 11.8. The molecule has 1 aliphatic heterocycles. The Morgan fingerprint density at radius 1 is 1.25 bits per heavy atom. The van der Waals surface area contributed by atoms with Crippen LogP contribution in [0.25, 0.3) is 0 Å². The fourth-order valence-electron chi connectivity index (χ4n) is 2.14. The van der Waals surface area contributed by atoms with Gasteiger partial charge in [0, 0.05) is 38.3 Å². The maximum atomic E-state index is 8.58. The van der Waals surface area contributed by atoms with Gasteiger partial charge in [0.2, 0.25) is 0 Å². The highest BCUT2D eigenvalue weighted by Gasteiger charge is 2.13. The number of amidine groups is 1. The highest BCUT2D eigenvalue weighted by Crippen LogP contribution is 2.12. The van der Waals surface area contributed by atoms with Gasteiger partial charge in [-0.3, -0.25) is 4.90 Å². The second-order valence-electron chi connectivity index (χ2n) is 5.00. The SMILES string of the molecule is CN1CCN(CCOc2ccc(C(N)=NO)cc2)CC1. The van der Waals surface area contributed by atoms with Crippen LogP contribution in [0.15, 0.2) is 29.4 Å². The van der Waals surface area contributed by atoms with E-state index < -0.39 is 0 Å². The van der Waals surface area contributed by atoms with Crippen LogP contribution in [0.2, 0.25) is 0 Å². The minimum Gasteiger partial charge on any atom is -0.492 e. The van der Waals surface area contributed by atoms with Gasteiger partial charge >= 0.3 is 0 Å². The third-order valence-corrected chi connectivity index (χ3v) is 3.53. The Kier molecular flexibility index (Phi) is 5.20. The number of nitrogens with two attached hydrogens (primary N) is 1. The minimum absolute atomic E-state index is 0.106. The number of piperazine rings is 1. The van der Waals surface area contributed by atoms with Crippen LogP contribution >= 0.6 is 0 Å². The van der Waals surface area contributed by atoms with E-state index in [1.54, 1.807) is 12.1 Å². The maximum absolute atomic E-state index is 8.58. The first-order valence-corrected chi connectivity index (χ1v) is 6.80. The monoisotopic (exact) mass is 278 g/mol. The molecule has 2 rings (SSSR count). The van der Waals surface area contributed by atoms with Gasteiger partial charge < -0.3 is 20.6 Å². The van der Waals surface area contributed by atoms with E-state index in [0.29, 0.717) is 12.2 Å². The van der Waals surface area contributed by atoms with Gasteiger partial charge in [0.15, 0.2) is 5.84 Å². The van der Waals surface area contributed by atoms with Crippen LogP contribution in [0.1, 0.15) is 5.56 Å². The summed E-state index contributed by atoms with van der Waals surface area (Å²) in [7, 11) is 2.15. The standard InChI is InChI=1S/C14H22N4O2/c1-17-6-8-18(9-7-17)10-11-20-13-4-2-12(3-5-13)14(15)16-19/h2-5,19H,6-11H2,1H3,(H2,15,16). The van der Waals surface area contributed by atoms with E-state index >= 15 is 0 Å². The van der Waals surface area contributed by atoms with E-state index in [1.165, 1.54) is 0 Å². The number of hydrogen-bond donors (Lipinski definition) is 2. The van der Waals surface area contributed by atoms with E-state index in [0.717, 1.165) is 38.5 Å². The molecule has 1 aromatic carbocycles. The third-order valence-electron chi connectivity index (χ3n) is 3.53. The quantitative estimate of drug-likeness (QED) is 0.353. The molecule has 0 radical (unpaired) electrons. The number of ether oxygens (including phenoxy) is 1. The molecule has 1 aliphatic rings. The highest BCUT2D eigenvalue weighted by atomic mass is 16.5. The molecule has 0 unspecified atom stereocenters. The number of rotatable bonds is 5. The molecule has 0 bridgehead atoms. The predicted octanol–water partition coefficient (Wildman–Crippen LogP) is 0.407. The van der Waals surface area contributed by atoms with Gasteiger partial charge in [0.05, 0.1) is 0 Å². The van der Waals surface area contributed by atoms with Gasteiger partial charge in [0.1, 0.15) is 12.4 Å². The number of nitrogens with zero attached hydrogens (tertiary/aromatic N) is 3. The predicted molar refractivity (Wildman–Crippen MR) is 78.4 cm³/mol. The summed E-state index contributed by atoms with van der Waals surface area (Å²) in [4.78, 5) is 4.74. The van der Waals surface area contributed by atoms with Gasteiger partial charge in [-0.2, -0.15) is 0 Å². The van der Waals surface area contributed by atoms with Crippen LogP contribution in [-0.2, 0) is 0 Å². The van der Waals surface area contributed by atoms with Crippen LogP contribution < -0.4 is 10.5 Å². The van der Waals surface area contributed by atoms with Crippen molar-refractivity contribution in [2.75, 3.05) is 46.4 Å². The van der Waals surface area contributed by atoms with Crippen LogP contribution in [0.3, 0.4) is 0 Å². The Hall–Kier alpha value is -1.79. The highest BCUT2D eigenvalue weighted by molar-refractivity contribution is 5.97. The van der Waals surface area contributed by atoms with Crippen LogP contribution in [0.5, 0.6) is 5.75 Å². The summed E-state index contributed by atoms with van der Waals surface area (Å²) in [5.74, 6) is 0.905. The Balaban J connectivity index is 1.74. The molecule has 1 aromatic rings. The topological polar surface area (TPSA) is 74.3 Å². The second-order valence-corrected chi connectivity index (χ2v) is 5.00. The molecule has 3 N–H and O–H groups in total. The molecule has 20 heavy (non-hydrogen) atoms. The van der Waals surface area contributed by atoms with Gasteiger partial charge in [-0.25, -0.2) is 0 Å². The van der Waals surface area contributed by atoms with Crippen LogP contribution in [0, 0.1) is 0 Å². The molecule has 0 saturated carbocycles. The van der Waals surface area contributed by atoms with Crippen LogP contribution in [0.4, 0.5) is 0 Å². The Bertz CT molecular complexity index is 439. The normalized spacial score (nSPS) is 18.1. The van der Waals surface area contributed by atoms with Crippen molar-refractivity contribution in [2.24, 2.45) is 10.9 Å². The van der Waals surface area contributed by atoms with Gasteiger partial charge in [-0.05, 0) is 31.3 Å². The molecule has 6 nitrogen and oxygen atoms in total. The van der Waals surface area contributed by atoms with Crippen molar-refractivity contribution in [3.05, 3.63) is 29.8 Å². The second kappa shape index (κ2) is 7.12. The lowest BCUT2D eigenvalue weighted by molar-refractivity contribution is 0.134. The average molecular weight is 278 g/mol. The molecular weight excluding hydrogens is 256 g/mol. The first-order valence-electron chi connectivity index (χ1n) is 6.80. The van der Waals surface area contributed by atoms with E-state index in [1.807, 2.05) is 12.1 Å². The Morgan fingerprint density at radius 2 is 1.90 bits per heavy atom. The molecule has 6 heteroatoms. The number of hydrogen-bond acceptors (Lipinski definition) is 5. The molecule has 0 spiro atoms. The third kappa shape index (κ3) is 4.11. The largest absolute Gasteiger partial charge is 0.492 e. The van der Waals surface area contributed by atoms with Crippen molar-refractivity contribution in [3.63, 3.8) is 0 Å². The number of benzene rings is 1. The average Bonchev–Trinajstić information content (AvgIpc) is 2.49. The molecule has 110 valence electrons.